The molecule has 0 aliphatic rings. The van der Waals surface area contributed by atoms with E-state index in [-0.39, 0.29) is 0 Å². The molecule has 96 valence electrons. The van der Waals surface area contributed by atoms with Crippen molar-refractivity contribution in [3.63, 3.8) is 0 Å². The van der Waals surface area contributed by atoms with Gasteiger partial charge in [-0.2, -0.15) is 0 Å². The van der Waals surface area contributed by atoms with Crippen molar-refractivity contribution in [3.05, 3.63) is 35.4 Å². The van der Waals surface area contributed by atoms with Crippen LogP contribution in [0.3, 0.4) is 0 Å². The number of aliphatic hydroxyl groups is 1. The van der Waals surface area contributed by atoms with Gasteiger partial charge in [-0.05, 0) is 39.1 Å². The molecule has 3 nitrogen and oxygen atoms in total. The highest BCUT2D eigenvalue weighted by Gasteiger charge is 2.20. The number of rotatable bonds is 6. The van der Waals surface area contributed by atoms with Crippen molar-refractivity contribution >= 4 is 0 Å². The Morgan fingerprint density at radius 1 is 1.29 bits per heavy atom. The zero-order valence-electron chi connectivity index (χ0n) is 11.3. The van der Waals surface area contributed by atoms with Gasteiger partial charge in [-0.15, -0.1) is 0 Å². The van der Waals surface area contributed by atoms with Gasteiger partial charge in [0.05, 0.1) is 5.60 Å². The van der Waals surface area contributed by atoms with Crippen LogP contribution in [0.1, 0.15) is 18.1 Å². The zero-order chi connectivity index (χ0) is 12.9. The van der Waals surface area contributed by atoms with Gasteiger partial charge in [-0.3, -0.25) is 0 Å². The highest BCUT2D eigenvalue weighted by atomic mass is 16.3. The van der Waals surface area contributed by atoms with Gasteiger partial charge in [-0.25, -0.2) is 0 Å². The van der Waals surface area contributed by atoms with Crippen molar-refractivity contribution in [3.8, 4) is 0 Å². The molecule has 0 bridgehead atoms. The van der Waals surface area contributed by atoms with Crippen molar-refractivity contribution in [2.45, 2.75) is 26.0 Å². The fraction of sp³-hybridized carbons (Fsp3) is 0.571. The van der Waals surface area contributed by atoms with E-state index >= 15 is 0 Å². The lowest BCUT2D eigenvalue weighted by Gasteiger charge is -2.27. The number of nitrogens with one attached hydrogen (secondary N) is 1. The molecular weight excluding hydrogens is 212 g/mol. The predicted octanol–water partition coefficient (Wildman–Crippen LogP) is 1.40. The largest absolute Gasteiger partial charge is 0.388 e. The average Bonchev–Trinajstić information content (AvgIpc) is 2.18. The molecule has 17 heavy (non-hydrogen) atoms. The average molecular weight is 236 g/mol. The van der Waals surface area contributed by atoms with Crippen LogP contribution in [0.4, 0.5) is 0 Å². The first-order valence-electron chi connectivity index (χ1n) is 6.03. The van der Waals surface area contributed by atoms with Crippen LogP contribution in [0.2, 0.25) is 0 Å². The second-order valence-electron chi connectivity index (χ2n) is 5.26. The SMILES string of the molecule is Cc1ccccc1CNCC(C)(O)CN(C)C. The van der Waals surface area contributed by atoms with Crippen LogP contribution in [-0.2, 0) is 6.54 Å². The summed E-state index contributed by atoms with van der Waals surface area (Å²) in [6, 6.07) is 8.31. The molecular formula is C14H24N2O. The molecule has 0 saturated heterocycles. The molecule has 0 fully saturated rings. The minimum atomic E-state index is -0.688. The quantitative estimate of drug-likeness (QED) is 0.783. The summed E-state index contributed by atoms with van der Waals surface area (Å²) in [5, 5.41) is 13.4. The van der Waals surface area contributed by atoms with E-state index < -0.39 is 5.60 Å². The second-order valence-corrected chi connectivity index (χ2v) is 5.26. The normalized spacial score (nSPS) is 14.9. The Hall–Kier alpha value is -0.900. The standard InChI is InChI=1S/C14H24N2O/c1-12-7-5-6-8-13(12)9-15-10-14(2,17)11-16(3)4/h5-8,15,17H,9-11H2,1-4H3. The Kier molecular flexibility index (Phi) is 5.12. The number of aryl methyl sites for hydroxylation is 1. The third-order valence-corrected chi connectivity index (χ3v) is 2.74. The van der Waals surface area contributed by atoms with Gasteiger partial charge < -0.3 is 15.3 Å². The molecule has 0 spiro atoms. The maximum Gasteiger partial charge on any atom is 0.0869 e. The Morgan fingerprint density at radius 3 is 2.53 bits per heavy atom. The van der Waals surface area contributed by atoms with Gasteiger partial charge >= 0.3 is 0 Å². The Labute approximate surface area is 104 Å². The Bertz CT molecular complexity index is 348. The monoisotopic (exact) mass is 236 g/mol. The van der Waals surface area contributed by atoms with Gasteiger partial charge in [0.25, 0.3) is 0 Å². The molecule has 0 aliphatic heterocycles. The van der Waals surface area contributed by atoms with Crippen molar-refractivity contribution in [2.75, 3.05) is 27.2 Å². The molecule has 0 aliphatic carbocycles. The second kappa shape index (κ2) is 6.15. The molecule has 0 saturated carbocycles. The third-order valence-electron chi connectivity index (χ3n) is 2.74. The Balaban J connectivity index is 2.40. The number of nitrogens with zero attached hydrogens (tertiary/aromatic N) is 1. The molecule has 3 heteroatoms. The summed E-state index contributed by atoms with van der Waals surface area (Å²) in [4.78, 5) is 2.00. The molecule has 2 N–H and O–H groups in total. The van der Waals surface area contributed by atoms with Crippen LogP contribution >= 0.6 is 0 Å². The first-order chi connectivity index (χ1) is 7.91. The summed E-state index contributed by atoms with van der Waals surface area (Å²) in [6.07, 6.45) is 0. The van der Waals surface area contributed by atoms with E-state index in [9.17, 15) is 5.11 Å². The topological polar surface area (TPSA) is 35.5 Å². The summed E-state index contributed by atoms with van der Waals surface area (Å²) in [6.45, 7) is 6.02. The van der Waals surface area contributed by atoms with Crippen LogP contribution in [0.25, 0.3) is 0 Å². The summed E-state index contributed by atoms with van der Waals surface area (Å²) in [5.41, 5.74) is 1.88. The number of likely N-dealkylation sites (N-methyl/N-ethyl adjacent to an activating group) is 1. The predicted molar refractivity (Wildman–Crippen MR) is 72.1 cm³/mol. The van der Waals surface area contributed by atoms with Crippen LogP contribution in [0.15, 0.2) is 24.3 Å². The highest BCUT2D eigenvalue weighted by molar-refractivity contribution is 5.25. The third kappa shape index (κ3) is 5.31. The summed E-state index contributed by atoms with van der Waals surface area (Å²) in [7, 11) is 3.94. The lowest BCUT2D eigenvalue weighted by Crippen LogP contribution is -2.45. The lowest BCUT2D eigenvalue weighted by atomic mass is 10.1. The summed E-state index contributed by atoms with van der Waals surface area (Å²) in [5.74, 6) is 0. The van der Waals surface area contributed by atoms with Crippen LogP contribution in [-0.4, -0.2) is 42.8 Å². The number of hydrogen-bond donors (Lipinski definition) is 2. The van der Waals surface area contributed by atoms with E-state index in [4.69, 9.17) is 0 Å². The fourth-order valence-corrected chi connectivity index (χ4v) is 2.01. The first kappa shape index (κ1) is 14.2. The number of hydrogen-bond acceptors (Lipinski definition) is 3. The van der Waals surface area contributed by atoms with E-state index in [2.05, 4.69) is 24.4 Å². The van der Waals surface area contributed by atoms with Crippen molar-refractivity contribution < 1.29 is 5.11 Å². The van der Waals surface area contributed by atoms with Gasteiger partial charge in [0, 0.05) is 19.6 Å². The first-order valence-corrected chi connectivity index (χ1v) is 6.03. The molecule has 1 unspecified atom stereocenters. The molecule has 1 atom stereocenters. The van der Waals surface area contributed by atoms with Crippen LogP contribution in [0, 0.1) is 6.92 Å². The van der Waals surface area contributed by atoms with Gasteiger partial charge in [0.1, 0.15) is 0 Å². The maximum atomic E-state index is 10.1. The Morgan fingerprint density at radius 2 is 1.94 bits per heavy atom. The minimum absolute atomic E-state index is 0.597. The maximum absolute atomic E-state index is 10.1. The van der Waals surface area contributed by atoms with E-state index in [0.717, 1.165) is 6.54 Å². The van der Waals surface area contributed by atoms with Gasteiger partial charge in [-0.1, -0.05) is 24.3 Å². The zero-order valence-corrected chi connectivity index (χ0v) is 11.3. The lowest BCUT2D eigenvalue weighted by molar-refractivity contribution is 0.0336. The van der Waals surface area contributed by atoms with E-state index in [1.807, 2.05) is 38.1 Å². The summed E-state index contributed by atoms with van der Waals surface area (Å²) >= 11 is 0. The fourth-order valence-electron chi connectivity index (χ4n) is 2.01. The van der Waals surface area contributed by atoms with Crippen LogP contribution < -0.4 is 5.32 Å². The van der Waals surface area contributed by atoms with Gasteiger partial charge in [0.15, 0.2) is 0 Å². The minimum Gasteiger partial charge on any atom is -0.388 e. The van der Waals surface area contributed by atoms with E-state index in [1.165, 1.54) is 11.1 Å². The summed E-state index contributed by atoms with van der Waals surface area (Å²) < 4.78 is 0. The van der Waals surface area contributed by atoms with Crippen LogP contribution in [0.5, 0.6) is 0 Å². The highest BCUT2D eigenvalue weighted by Crippen LogP contribution is 2.07. The molecule has 0 aromatic heterocycles. The molecule has 0 heterocycles. The molecule has 1 rings (SSSR count). The molecule has 1 aromatic carbocycles. The van der Waals surface area contributed by atoms with E-state index in [0.29, 0.717) is 13.1 Å². The van der Waals surface area contributed by atoms with Gasteiger partial charge in [0.2, 0.25) is 0 Å². The number of benzene rings is 1. The van der Waals surface area contributed by atoms with E-state index in [1.54, 1.807) is 0 Å². The molecule has 0 radical (unpaired) electrons. The van der Waals surface area contributed by atoms with Crippen molar-refractivity contribution in [2.24, 2.45) is 0 Å². The molecule has 0 amide bonds. The van der Waals surface area contributed by atoms with Crippen molar-refractivity contribution in [1.29, 1.82) is 0 Å². The molecule has 1 aromatic rings. The van der Waals surface area contributed by atoms with Crippen molar-refractivity contribution in [1.82, 2.24) is 10.2 Å². The smallest absolute Gasteiger partial charge is 0.0869 e.